The Bertz CT molecular complexity index is 444. The third-order valence-corrected chi connectivity index (χ3v) is 5.96. The van der Waals surface area contributed by atoms with Crippen molar-refractivity contribution in [1.29, 1.82) is 0 Å². The fourth-order valence-electron chi connectivity index (χ4n) is 4.22. The Morgan fingerprint density at radius 3 is 2.46 bits per heavy atom. The number of carboxylic acids is 1. The van der Waals surface area contributed by atoms with Gasteiger partial charge in [-0.1, -0.05) is 19.3 Å². The summed E-state index contributed by atoms with van der Waals surface area (Å²) in [5, 5.41) is 12.1. The number of hydrogen-bond acceptors (Lipinski definition) is 4. The van der Waals surface area contributed by atoms with E-state index in [4.69, 9.17) is 5.11 Å². The second kappa shape index (κ2) is 11.8. The Balaban J connectivity index is 0.00000338. The molecule has 7 heteroatoms. The van der Waals surface area contributed by atoms with Crippen LogP contribution in [0.25, 0.3) is 0 Å². The molecule has 152 valence electrons. The van der Waals surface area contributed by atoms with Crippen molar-refractivity contribution < 1.29 is 14.7 Å². The van der Waals surface area contributed by atoms with Crippen LogP contribution in [0.5, 0.6) is 0 Å². The van der Waals surface area contributed by atoms with Crippen molar-refractivity contribution in [1.82, 2.24) is 15.1 Å². The number of nitrogens with zero attached hydrogens (tertiary/aromatic N) is 2. The van der Waals surface area contributed by atoms with Crippen LogP contribution in [-0.2, 0) is 9.59 Å². The number of nitrogens with one attached hydrogen (secondary N) is 1. The molecule has 1 aliphatic carbocycles. The molecule has 1 amide bonds. The van der Waals surface area contributed by atoms with Crippen LogP contribution < -0.4 is 5.32 Å². The minimum Gasteiger partial charge on any atom is -0.480 e. The first-order chi connectivity index (χ1) is 12.0. The summed E-state index contributed by atoms with van der Waals surface area (Å²) in [5.41, 5.74) is 0. The zero-order chi connectivity index (χ0) is 18.2. The van der Waals surface area contributed by atoms with Gasteiger partial charge in [-0.25, -0.2) is 0 Å². The van der Waals surface area contributed by atoms with Crippen molar-refractivity contribution in [2.45, 2.75) is 70.4 Å². The molecule has 26 heavy (non-hydrogen) atoms. The van der Waals surface area contributed by atoms with Crippen LogP contribution in [0.4, 0.5) is 0 Å². The molecule has 1 aliphatic heterocycles. The number of carboxylic acid groups (broad SMARTS) is 1. The topological polar surface area (TPSA) is 72.9 Å². The summed E-state index contributed by atoms with van der Waals surface area (Å²) in [6.45, 7) is 4.67. The molecular formula is C19H36ClN3O3. The van der Waals surface area contributed by atoms with E-state index in [1.54, 1.807) is 0 Å². The van der Waals surface area contributed by atoms with Gasteiger partial charge in [-0.3, -0.25) is 19.4 Å². The lowest BCUT2D eigenvalue weighted by molar-refractivity contribution is -0.138. The maximum absolute atomic E-state index is 12.5. The highest BCUT2D eigenvalue weighted by Gasteiger charge is 2.27. The van der Waals surface area contributed by atoms with Crippen LogP contribution in [-0.4, -0.2) is 72.1 Å². The second-order valence-corrected chi connectivity index (χ2v) is 7.85. The molecule has 2 atom stereocenters. The molecule has 0 aromatic heterocycles. The van der Waals surface area contributed by atoms with Crippen molar-refractivity contribution in [3.05, 3.63) is 0 Å². The molecule has 1 heterocycles. The summed E-state index contributed by atoms with van der Waals surface area (Å²) in [5.74, 6) is 0.0186. The van der Waals surface area contributed by atoms with E-state index in [0.29, 0.717) is 12.0 Å². The van der Waals surface area contributed by atoms with Crippen LogP contribution in [0.3, 0.4) is 0 Å². The average Bonchev–Trinajstić information content (AvgIpc) is 2.85. The van der Waals surface area contributed by atoms with Gasteiger partial charge in [0.05, 0.1) is 12.6 Å². The highest BCUT2D eigenvalue weighted by atomic mass is 35.5. The van der Waals surface area contributed by atoms with E-state index in [-0.39, 0.29) is 30.9 Å². The van der Waals surface area contributed by atoms with Gasteiger partial charge in [-0.2, -0.15) is 0 Å². The standard InChI is InChI=1S/C19H35N3O3.ClH/c1-15(19(25)20-13-16-7-4-3-5-8-16)22-11-6-9-17(10-12-22)21(2)14-18(23)24;/h15-17H,3-14H2,1-2H3,(H,20,25)(H,23,24);1H. The molecule has 0 bridgehead atoms. The third-order valence-electron chi connectivity index (χ3n) is 5.96. The van der Waals surface area contributed by atoms with Crippen LogP contribution >= 0.6 is 12.4 Å². The minimum absolute atomic E-state index is 0. The lowest BCUT2D eigenvalue weighted by atomic mass is 9.89. The fourth-order valence-corrected chi connectivity index (χ4v) is 4.22. The van der Waals surface area contributed by atoms with E-state index >= 15 is 0 Å². The number of carbonyl (C=O) groups is 2. The third kappa shape index (κ3) is 7.41. The lowest BCUT2D eigenvalue weighted by Gasteiger charge is -2.29. The Morgan fingerprint density at radius 1 is 1.12 bits per heavy atom. The van der Waals surface area contributed by atoms with Gasteiger partial charge in [0.25, 0.3) is 0 Å². The molecule has 2 N–H and O–H groups in total. The first-order valence-electron chi connectivity index (χ1n) is 9.91. The van der Waals surface area contributed by atoms with E-state index in [1.165, 1.54) is 32.1 Å². The van der Waals surface area contributed by atoms with E-state index in [1.807, 2.05) is 18.9 Å². The minimum atomic E-state index is -0.779. The lowest BCUT2D eigenvalue weighted by Crippen LogP contribution is -2.47. The summed E-state index contributed by atoms with van der Waals surface area (Å²) in [7, 11) is 1.88. The summed E-state index contributed by atoms with van der Waals surface area (Å²) < 4.78 is 0. The molecular weight excluding hydrogens is 354 g/mol. The normalized spacial score (nSPS) is 23.7. The number of halogens is 1. The first kappa shape index (κ1) is 23.2. The van der Waals surface area contributed by atoms with Crippen molar-refractivity contribution in [3.8, 4) is 0 Å². The number of aliphatic carboxylic acids is 1. The van der Waals surface area contributed by atoms with Crippen molar-refractivity contribution in [2.75, 3.05) is 33.2 Å². The van der Waals surface area contributed by atoms with E-state index < -0.39 is 5.97 Å². The highest BCUT2D eigenvalue weighted by molar-refractivity contribution is 5.85. The maximum Gasteiger partial charge on any atom is 0.317 e. The molecule has 1 saturated heterocycles. The zero-order valence-corrected chi connectivity index (χ0v) is 17.1. The van der Waals surface area contributed by atoms with Gasteiger partial charge >= 0.3 is 5.97 Å². The van der Waals surface area contributed by atoms with Crippen LogP contribution in [0.15, 0.2) is 0 Å². The monoisotopic (exact) mass is 389 g/mol. The molecule has 2 fully saturated rings. The highest BCUT2D eigenvalue weighted by Crippen LogP contribution is 2.23. The van der Waals surface area contributed by atoms with Gasteiger partial charge in [0.1, 0.15) is 0 Å². The molecule has 0 spiro atoms. The summed E-state index contributed by atoms with van der Waals surface area (Å²) in [4.78, 5) is 27.6. The molecule has 2 rings (SSSR count). The van der Waals surface area contributed by atoms with Crippen molar-refractivity contribution in [3.63, 3.8) is 0 Å². The van der Waals surface area contributed by atoms with Gasteiger partial charge in [-0.15, -0.1) is 12.4 Å². The quantitative estimate of drug-likeness (QED) is 0.699. The average molecular weight is 390 g/mol. The predicted molar refractivity (Wildman–Crippen MR) is 106 cm³/mol. The number of hydrogen-bond donors (Lipinski definition) is 2. The first-order valence-corrected chi connectivity index (χ1v) is 9.91. The fraction of sp³-hybridized carbons (Fsp3) is 0.895. The maximum atomic E-state index is 12.5. The Labute approximate surface area is 164 Å². The Hall–Kier alpha value is -0.850. The number of amides is 1. The van der Waals surface area contributed by atoms with Crippen LogP contribution in [0, 0.1) is 5.92 Å². The van der Waals surface area contributed by atoms with Crippen LogP contribution in [0.1, 0.15) is 58.3 Å². The van der Waals surface area contributed by atoms with E-state index in [0.717, 1.165) is 38.9 Å². The van der Waals surface area contributed by atoms with Crippen molar-refractivity contribution in [2.24, 2.45) is 5.92 Å². The SMILES string of the molecule is CC(C(=O)NCC1CCCCC1)N1CCCC(N(C)CC(=O)O)CC1.Cl. The second-order valence-electron chi connectivity index (χ2n) is 7.85. The number of rotatable bonds is 7. The smallest absolute Gasteiger partial charge is 0.317 e. The van der Waals surface area contributed by atoms with Gasteiger partial charge in [0, 0.05) is 19.1 Å². The molecule has 2 aliphatic rings. The summed E-state index contributed by atoms with van der Waals surface area (Å²) >= 11 is 0. The summed E-state index contributed by atoms with van der Waals surface area (Å²) in [6.07, 6.45) is 9.36. The van der Waals surface area contributed by atoms with Gasteiger partial charge in [0.15, 0.2) is 0 Å². The zero-order valence-electron chi connectivity index (χ0n) is 16.3. The van der Waals surface area contributed by atoms with Gasteiger partial charge in [0.2, 0.25) is 5.91 Å². The molecule has 1 saturated carbocycles. The number of likely N-dealkylation sites (N-methyl/N-ethyl adjacent to an activating group) is 1. The Kier molecular flexibility index (Phi) is 10.5. The molecule has 2 unspecified atom stereocenters. The molecule has 0 radical (unpaired) electrons. The molecule has 0 aromatic carbocycles. The largest absolute Gasteiger partial charge is 0.480 e. The van der Waals surface area contributed by atoms with E-state index in [9.17, 15) is 9.59 Å². The summed E-state index contributed by atoms with van der Waals surface area (Å²) in [6, 6.07) is 0.186. The van der Waals surface area contributed by atoms with Gasteiger partial charge in [-0.05, 0) is 58.5 Å². The number of likely N-dealkylation sites (tertiary alicyclic amines) is 1. The Morgan fingerprint density at radius 2 is 1.81 bits per heavy atom. The number of carbonyl (C=O) groups excluding carboxylic acids is 1. The van der Waals surface area contributed by atoms with Crippen LogP contribution in [0.2, 0.25) is 0 Å². The van der Waals surface area contributed by atoms with E-state index in [2.05, 4.69) is 10.2 Å². The molecule has 0 aromatic rings. The predicted octanol–water partition coefficient (Wildman–Crippen LogP) is 2.36. The van der Waals surface area contributed by atoms with Gasteiger partial charge < -0.3 is 10.4 Å². The van der Waals surface area contributed by atoms with Crippen molar-refractivity contribution >= 4 is 24.3 Å². The molecule has 6 nitrogen and oxygen atoms in total.